The van der Waals surface area contributed by atoms with Crippen molar-refractivity contribution < 1.29 is 23.9 Å². The molecule has 1 N–H and O–H groups in total. The average molecular weight is 398 g/mol. The molecule has 0 radical (unpaired) electrons. The highest BCUT2D eigenvalue weighted by Crippen LogP contribution is 2.31. The van der Waals surface area contributed by atoms with Crippen molar-refractivity contribution in [3.63, 3.8) is 0 Å². The zero-order valence-corrected chi connectivity index (χ0v) is 17.4. The van der Waals surface area contributed by atoms with Gasteiger partial charge in [-0.1, -0.05) is 18.2 Å². The fourth-order valence-corrected chi connectivity index (χ4v) is 3.75. The standard InChI is InChI=1S/C22H26N2O5/c1-12(2)29-21(26)19-14(4)20(23-15(19)5)22(27)28-11-18(25)24-13(3)10-16-8-6-7-9-17(16)24/h6-9,12-13,23H,10-11H2,1-5H3/t13-/m1/s1. The molecule has 1 aromatic heterocycles. The molecule has 7 nitrogen and oxygen atoms in total. The predicted molar refractivity (Wildman–Crippen MR) is 108 cm³/mol. The van der Waals surface area contributed by atoms with E-state index in [1.54, 1.807) is 32.6 Å². The van der Waals surface area contributed by atoms with Gasteiger partial charge in [-0.3, -0.25) is 4.79 Å². The summed E-state index contributed by atoms with van der Waals surface area (Å²) >= 11 is 0. The number of ether oxygens (including phenoxy) is 2. The van der Waals surface area contributed by atoms with E-state index in [9.17, 15) is 14.4 Å². The van der Waals surface area contributed by atoms with E-state index in [0.717, 1.165) is 17.7 Å². The maximum Gasteiger partial charge on any atom is 0.355 e. The number of rotatable bonds is 5. The molecule has 0 aliphatic carbocycles. The van der Waals surface area contributed by atoms with Gasteiger partial charge >= 0.3 is 11.9 Å². The number of aromatic nitrogens is 1. The summed E-state index contributed by atoms with van der Waals surface area (Å²) < 4.78 is 10.5. The van der Waals surface area contributed by atoms with Crippen LogP contribution in [0.5, 0.6) is 0 Å². The highest BCUT2D eigenvalue weighted by Gasteiger charge is 2.31. The summed E-state index contributed by atoms with van der Waals surface area (Å²) in [5.74, 6) is -1.46. The molecule has 1 atom stereocenters. The molecule has 29 heavy (non-hydrogen) atoms. The summed E-state index contributed by atoms with van der Waals surface area (Å²) in [6, 6.07) is 7.71. The molecule has 1 aliphatic heterocycles. The molecular weight excluding hydrogens is 372 g/mol. The SMILES string of the molecule is Cc1[nH]c(C(=O)OCC(=O)N2c3ccccc3C[C@H]2C)c(C)c1C(=O)OC(C)C. The molecule has 0 bridgehead atoms. The average Bonchev–Trinajstić information content (AvgIpc) is 3.14. The summed E-state index contributed by atoms with van der Waals surface area (Å²) in [6.07, 6.45) is 0.501. The Kier molecular flexibility index (Phi) is 5.77. The molecule has 7 heteroatoms. The Morgan fingerprint density at radius 1 is 1.17 bits per heavy atom. The first-order valence-corrected chi connectivity index (χ1v) is 9.68. The van der Waals surface area contributed by atoms with Gasteiger partial charge in [-0.2, -0.15) is 0 Å². The lowest BCUT2D eigenvalue weighted by atomic mass is 10.1. The monoisotopic (exact) mass is 398 g/mol. The first kappa shape index (κ1) is 20.6. The summed E-state index contributed by atoms with van der Waals surface area (Å²) in [5, 5.41) is 0. The van der Waals surface area contributed by atoms with E-state index in [1.165, 1.54) is 0 Å². The number of benzene rings is 1. The first-order valence-electron chi connectivity index (χ1n) is 9.68. The maximum atomic E-state index is 12.7. The van der Waals surface area contributed by atoms with Crippen molar-refractivity contribution in [3.05, 3.63) is 52.3 Å². The van der Waals surface area contributed by atoms with Gasteiger partial charge in [-0.25, -0.2) is 9.59 Å². The van der Waals surface area contributed by atoms with Crippen LogP contribution in [0.4, 0.5) is 5.69 Å². The quantitative estimate of drug-likeness (QED) is 0.781. The van der Waals surface area contributed by atoms with Crippen LogP contribution in [0.1, 0.15) is 58.4 Å². The van der Waals surface area contributed by atoms with Gasteiger partial charge in [-0.15, -0.1) is 0 Å². The van der Waals surface area contributed by atoms with E-state index in [4.69, 9.17) is 9.47 Å². The molecule has 0 saturated heterocycles. The molecule has 2 aromatic rings. The maximum absolute atomic E-state index is 12.7. The van der Waals surface area contributed by atoms with Crippen LogP contribution in [0.3, 0.4) is 0 Å². The van der Waals surface area contributed by atoms with Crippen LogP contribution < -0.4 is 4.90 Å². The number of carbonyl (C=O) groups is 3. The van der Waals surface area contributed by atoms with Crippen molar-refractivity contribution in [2.45, 2.75) is 53.2 Å². The van der Waals surface area contributed by atoms with Gasteiger partial charge in [0.1, 0.15) is 5.69 Å². The minimum Gasteiger partial charge on any atom is -0.459 e. The highest BCUT2D eigenvalue weighted by molar-refractivity contribution is 6.01. The van der Waals surface area contributed by atoms with Gasteiger partial charge in [0.15, 0.2) is 6.61 Å². The van der Waals surface area contributed by atoms with Gasteiger partial charge in [0, 0.05) is 17.4 Å². The lowest BCUT2D eigenvalue weighted by Gasteiger charge is -2.22. The zero-order chi connectivity index (χ0) is 21.3. The smallest absolute Gasteiger partial charge is 0.355 e. The number of para-hydroxylation sites is 1. The molecule has 2 heterocycles. The van der Waals surface area contributed by atoms with Crippen molar-refractivity contribution in [1.29, 1.82) is 0 Å². The number of hydrogen-bond acceptors (Lipinski definition) is 5. The molecule has 1 amide bonds. The Labute approximate surface area is 170 Å². The number of anilines is 1. The number of nitrogens with zero attached hydrogens (tertiary/aromatic N) is 1. The van der Waals surface area contributed by atoms with Gasteiger partial charge in [0.25, 0.3) is 5.91 Å². The van der Waals surface area contributed by atoms with Crippen molar-refractivity contribution in [3.8, 4) is 0 Å². The fourth-order valence-electron chi connectivity index (χ4n) is 3.75. The third kappa shape index (κ3) is 4.04. The highest BCUT2D eigenvalue weighted by atomic mass is 16.5. The second-order valence-corrected chi connectivity index (χ2v) is 7.60. The van der Waals surface area contributed by atoms with Gasteiger partial charge < -0.3 is 19.4 Å². The Balaban J connectivity index is 1.70. The molecule has 1 aliphatic rings. The second kappa shape index (κ2) is 8.11. The largest absolute Gasteiger partial charge is 0.459 e. The van der Waals surface area contributed by atoms with Gasteiger partial charge in [-0.05, 0) is 58.2 Å². The number of nitrogens with one attached hydrogen (secondary N) is 1. The number of fused-ring (bicyclic) bond motifs is 1. The topological polar surface area (TPSA) is 88.7 Å². The molecule has 0 saturated carbocycles. The zero-order valence-electron chi connectivity index (χ0n) is 17.4. The Morgan fingerprint density at radius 2 is 1.86 bits per heavy atom. The minimum absolute atomic E-state index is 0.00507. The minimum atomic E-state index is -0.678. The second-order valence-electron chi connectivity index (χ2n) is 7.60. The Bertz CT molecular complexity index is 960. The summed E-state index contributed by atoms with van der Waals surface area (Å²) in [7, 11) is 0. The Hall–Kier alpha value is -3.09. The lowest BCUT2D eigenvalue weighted by molar-refractivity contribution is -0.122. The number of aromatic amines is 1. The van der Waals surface area contributed by atoms with E-state index < -0.39 is 11.9 Å². The van der Waals surface area contributed by atoms with Crippen LogP contribution in [-0.2, 0) is 20.7 Å². The molecule has 3 rings (SSSR count). The van der Waals surface area contributed by atoms with Crippen LogP contribution in [0.25, 0.3) is 0 Å². The Morgan fingerprint density at radius 3 is 2.55 bits per heavy atom. The van der Waals surface area contributed by atoms with Gasteiger partial charge in [0.2, 0.25) is 0 Å². The number of hydrogen-bond donors (Lipinski definition) is 1. The number of aryl methyl sites for hydroxylation is 1. The molecule has 0 fully saturated rings. The lowest BCUT2D eigenvalue weighted by Crippen LogP contribution is -2.38. The summed E-state index contributed by atoms with van der Waals surface area (Å²) in [5.41, 5.74) is 3.40. The summed E-state index contributed by atoms with van der Waals surface area (Å²) in [6.45, 7) is 8.44. The molecule has 1 aromatic carbocycles. The molecule has 154 valence electrons. The third-order valence-electron chi connectivity index (χ3n) is 4.99. The van der Waals surface area contributed by atoms with Crippen LogP contribution >= 0.6 is 0 Å². The third-order valence-corrected chi connectivity index (χ3v) is 4.99. The number of carbonyl (C=O) groups excluding carboxylic acids is 3. The van der Waals surface area contributed by atoms with E-state index in [1.807, 2.05) is 31.2 Å². The van der Waals surface area contributed by atoms with Crippen LogP contribution in [-0.4, -0.2) is 41.6 Å². The normalized spacial score (nSPS) is 15.4. The van der Waals surface area contributed by atoms with Crippen molar-refractivity contribution in [2.24, 2.45) is 0 Å². The van der Waals surface area contributed by atoms with Crippen LogP contribution in [0.2, 0.25) is 0 Å². The van der Waals surface area contributed by atoms with E-state index in [0.29, 0.717) is 16.8 Å². The number of amides is 1. The molecule has 0 spiro atoms. The van der Waals surface area contributed by atoms with Crippen molar-refractivity contribution >= 4 is 23.5 Å². The van der Waals surface area contributed by atoms with E-state index in [-0.39, 0.29) is 30.4 Å². The predicted octanol–water partition coefficient (Wildman–Crippen LogP) is 3.33. The first-order chi connectivity index (χ1) is 13.7. The number of H-pyrrole nitrogens is 1. The van der Waals surface area contributed by atoms with E-state index in [2.05, 4.69) is 4.98 Å². The molecule has 0 unspecified atom stereocenters. The molecular formula is C22H26N2O5. The van der Waals surface area contributed by atoms with Crippen LogP contribution in [0.15, 0.2) is 24.3 Å². The van der Waals surface area contributed by atoms with E-state index >= 15 is 0 Å². The van der Waals surface area contributed by atoms with Crippen molar-refractivity contribution in [2.75, 3.05) is 11.5 Å². The fraction of sp³-hybridized carbons (Fsp3) is 0.409. The number of esters is 2. The van der Waals surface area contributed by atoms with Gasteiger partial charge in [0.05, 0.1) is 11.7 Å². The summed E-state index contributed by atoms with van der Waals surface area (Å²) in [4.78, 5) is 42.1. The van der Waals surface area contributed by atoms with Crippen molar-refractivity contribution in [1.82, 2.24) is 4.98 Å². The van der Waals surface area contributed by atoms with Crippen LogP contribution in [0, 0.1) is 13.8 Å².